The van der Waals surface area contributed by atoms with Gasteiger partial charge in [0.1, 0.15) is 11.3 Å². The lowest BCUT2D eigenvalue weighted by Crippen LogP contribution is -2.24. The van der Waals surface area contributed by atoms with Crippen molar-refractivity contribution in [3.8, 4) is 0 Å². The van der Waals surface area contributed by atoms with Crippen molar-refractivity contribution < 1.29 is 0 Å². The number of nitrogen functional groups attached to an aromatic ring is 1. The Bertz CT molecular complexity index is 552. The Morgan fingerprint density at radius 1 is 1.22 bits per heavy atom. The van der Waals surface area contributed by atoms with E-state index in [0.29, 0.717) is 0 Å². The second-order valence-corrected chi connectivity index (χ2v) is 5.07. The quantitative estimate of drug-likeness (QED) is 0.840. The summed E-state index contributed by atoms with van der Waals surface area (Å²) in [5, 5.41) is 0. The number of imidazole rings is 1. The number of hydrogen-bond donors (Lipinski definition) is 1. The highest BCUT2D eigenvalue weighted by molar-refractivity contribution is 5.87. The number of rotatable bonds is 3. The minimum Gasteiger partial charge on any atom is -0.397 e. The van der Waals surface area contributed by atoms with Gasteiger partial charge >= 0.3 is 0 Å². The number of para-hydroxylation sites is 1. The number of aromatic nitrogens is 2. The molecule has 1 fully saturated rings. The molecular weight excluding hydrogens is 224 g/mol. The van der Waals surface area contributed by atoms with E-state index in [9.17, 15) is 0 Å². The Kier molecular flexibility index (Phi) is 2.96. The second kappa shape index (κ2) is 4.61. The lowest BCUT2D eigenvalue weighted by atomic mass is 10.3. The number of aryl methyl sites for hydroxylation is 1. The van der Waals surface area contributed by atoms with Gasteiger partial charge in [0, 0.05) is 13.1 Å². The summed E-state index contributed by atoms with van der Waals surface area (Å²) >= 11 is 0. The van der Waals surface area contributed by atoms with Crippen LogP contribution in [0.4, 0.5) is 5.69 Å². The molecule has 2 aromatic rings. The smallest absolute Gasteiger partial charge is 0.112 e. The van der Waals surface area contributed by atoms with Gasteiger partial charge in [-0.05, 0) is 45.0 Å². The molecule has 1 aliphatic rings. The van der Waals surface area contributed by atoms with Crippen LogP contribution in [0, 0.1) is 6.92 Å². The highest BCUT2D eigenvalue weighted by Crippen LogP contribution is 2.21. The summed E-state index contributed by atoms with van der Waals surface area (Å²) in [6, 6.07) is 6.03. The molecule has 0 aliphatic carbocycles. The van der Waals surface area contributed by atoms with E-state index in [4.69, 9.17) is 5.73 Å². The number of benzene rings is 1. The molecular formula is C14H20N4. The van der Waals surface area contributed by atoms with Gasteiger partial charge in [-0.3, -0.25) is 0 Å². The number of fused-ring (bicyclic) bond motifs is 1. The van der Waals surface area contributed by atoms with Crippen molar-refractivity contribution in [3.05, 3.63) is 24.0 Å². The third kappa shape index (κ3) is 1.97. The summed E-state index contributed by atoms with van der Waals surface area (Å²) in [5.41, 5.74) is 8.84. The average Bonchev–Trinajstić information content (AvgIpc) is 2.95. The molecule has 1 aromatic carbocycles. The lowest BCUT2D eigenvalue weighted by molar-refractivity contribution is 0.323. The monoisotopic (exact) mass is 244 g/mol. The van der Waals surface area contributed by atoms with E-state index in [1.54, 1.807) is 0 Å². The summed E-state index contributed by atoms with van der Waals surface area (Å²) in [6.07, 6.45) is 2.69. The highest BCUT2D eigenvalue weighted by Gasteiger charge is 2.13. The lowest BCUT2D eigenvalue weighted by Gasteiger charge is -2.15. The maximum atomic E-state index is 5.97. The zero-order chi connectivity index (χ0) is 12.5. The van der Waals surface area contributed by atoms with Gasteiger partial charge in [-0.1, -0.05) is 6.07 Å². The predicted molar refractivity (Wildman–Crippen MR) is 74.6 cm³/mol. The summed E-state index contributed by atoms with van der Waals surface area (Å²) in [5.74, 6) is 1.06. The minimum atomic E-state index is 0.774. The molecule has 0 saturated carbocycles. The average molecular weight is 244 g/mol. The Balaban J connectivity index is 1.86. The summed E-state index contributed by atoms with van der Waals surface area (Å²) in [7, 11) is 0. The summed E-state index contributed by atoms with van der Waals surface area (Å²) < 4.78 is 2.28. The van der Waals surface area contributed by atoms with Gasteiger partial charge in [0.05, 0.1) is 11.2 Å². The van der Waals surface area contributed by atoms with Crippen molar-refractivity contribution in [2.75, 3.05) is 25.4 Å². The normalized spacial score (nSPS) is 16.7. The van der Waals surface area contributed by atoms with E-state index < -0.39 is 0 Å². The van der Waals surface area contributed by atoms with E-state index in [1.165, 1.54) is 25.9 Å². The molecule has 4 heteroatoms. The number of nitrogens with zero attached hydrogens (tertiary/aromatic N) is 3. The molecule has 2 heterocycles. The van der Waals surface area contributed by atoms with Crippen LogP contribution in [0.5, 0.6) is 0 Å². The SMILES string of the molecule is Cc1nc2c(N)cccc2n1CCN1CCCC1. The fourth-order valence-electron chi connectivity index (χ4n) is 2.81. The Labute approximate surface area is 107 Å². The molecule has 0 bridgehead atoms. The molecule has 0 radical (unpaired) electrons. The molecule has 3 rings (SSSR count). The van der Waals surface area contributed by atoms with Crippen LogP contribution in [0.25, 0.3) is 11.0 Å². The van der Waals surface area contributed by atoms with Gasteiger partial charge in [0.15, 0.2) is 0 Å². The predicted octanol–water partition coefficient (Wildman–Crippen LogP) is 2.02. The topological polar surface area (TPSA) is 47.1 Å². The van der Waals surface area contributed by atoms with Crippen LogP contribution in [-0.2, 0) is 6.54 Å². The second-order valence-electron chi connectivity index (χ2n) is 5.07. The van der Waals surface area contributed by atoms with Crippen LogP contribution in [0.15, 0.2) is 18.2 Å². The molecule has 18 heavy (non-hydrogen) atoms. The van der Waals surface area contributed by atoms with E-state index in [0.717, 1.165) is 35.6 Å². The van der Waals surface area contributed by atoms with Gasteiger partial charge in [0.2, 0.25) is 0 Å². The molecule has 96 valence electrons. The number of likely N-dealkylation sites (tertiary alicyclic amines) is 1. The molecule has 4 nitrogen and oxygen atoms in total. The Morgan fingerprint density at radius 2 is 2.00 bits per heavy atom. The molecule has 1 aliphatic heterocycles. The van der Waals surface area contributed by atoms with E-state index >= 15 is 0 Å². The first-order valence-corrected chi connectivity index (χ1v) is 6.69. The number of hydrogen-bond acceptors (Lipinski definition) is 3. The van der Waals surface area contributed by atoms with Gasteiger partial charge in [-0.25, -0.2) is 4.98 Å². The number of nitrogens with two attached hydrogens (primary N) is 1. The first-order chi connectivity index (χ1) is 8.75. The van der Waals surface area contributed by atoms with E-state index in [1.807, 2.05) is 12.1 Å². The van der Waals surface area contributed by atoms with Gasteiger partial charge in [-0.2, -0.15) is 0 Å². The zero-order valence-corrected chi connectivity index (χ0v) is 10.9. The molecule has 2 N–H and O–H groups in total. The molecule has 0 spiro atoms. The zero-order valence-electron chi connectivity index (χ0n) is 10.9. The van der Waals surface area contributed by atoms with Gasteiger partial charge in [-0.15, -0.1) is 0 Å². The van der Waals surface area contributed by atoms with Crippen molar-refractivity contribution in [1.82, 2.24) is 14.5 Å². The van der Waals surface area contributed by atoms with Crippen molar-refractivity contribution in [2.24, 2.45) is 0 Å². The Morgan fingerprint density at radius 3 is 2.78 bits per heavy atom. The maximum Gasteiger partial charge on any atom is 0.112 e. The first-order valence-electron chi connectivity index (χ1n) is 6.69. The van der Waals surface area contributed by atoms with Crippen LogP contribution < -0.4 is 5.73 Å². The van der Waals surface area contributed by atoms with Gasteiger partial charge < -0.3 is 15.2 Å². The third-order valence-corrected chi connectivity index (χ3v) is 3.84. The largest absolute Gasteiger partial charge is 0.397 e. The molecule has 1 aromatic heterocycles. The summed E-state index contributed by atoms with van der Waals surface area (Å²) in [6.45, 7) is 6.66. The van der Waals surface area contributed by atoms with E-state index in [-0.39, 0.29) is 0 Å². The summed E-state index contributed by atoms with van der Waals surface area (Å²) in [4.78, 5) is 7.10. The van der Waals surface area contributed by atoms with Crippen LogP contribution >= 0.6 is 0 Å². The fraction of sp³-hybridized carbons (Fsp3) is 0.500. The Hall–Kier alpha value is -1.55. The van der Waals surface area contributed by atoms with Crippen LogP contribution in [0.1, 0.15) is 18.7 Å². The van der Waals surface area contributed by atoms with Crippen molar-refractivity contribution >= 4 is 16.7 Å². The van der Waals surface area contributed by atoms with Gasteiger partial charge in [0.25, 0.3) is 0 Å². The first kappa shape index (κ1) is 11.5. The van der Waals surface area contributed by atoms with Crippen LogP contribution in [0.3, 0.4) is 0 Å². The molecule has 1 saturated heterocycles. The van der Waals surface area contributed by atoms with Crippen molar-refractivity contribution in [1.29, 1.82) is 0 Å². The van der Waals surface area contributed by atoms with Crippen molar-refractivity contribution in [3.63, 3.8) is 0 Å². The van der Waals surface area contributed by atoms with Crippen LogP contribution in [-0.4, -0.2) is 34.1 Å². The van der Waals surface area contributed by atoms with Crippen LogP contribution in [0.2, 0.25) is 0 Å². The highest BCUT2D eigenvalue weighted by atomic mass is 15.2. The standard InChI is InChI=1S/C14H20N4/c1-11-16-14-12(15)5-4-6-13(14)18(11)10-9-17-7-2-3-8-17/h4-6H,2-3,7-10,15H2,1H3. The third-order valence-electron chi connectivity index (χ3n) is 3.84. The van der Waals surface area contributed by atoms with Crippen molar-refractivity contribution in [2.45, 2.75) is 26.3 Å². The fourth-order valence-corrected chi connectivity index (χ4v) is 2.81. The molecule has 0 atom stereocenters. The maximum absolute atomic E-state index is 5.97. The van der Waals surface area contributed by atoms with E-state index in [2.05, 4.69) is 27.4 Å². The molecule has 0 unspecified atom stereocenters. The molecule has 0 amide bonds. The number of anilines is 1. The minimum absolute atomic E-state index is 0.774.